The maximum Gasteiger partial charge on any atom is 0.309 e. The molecule has 1 rings (SSSR count). The first-order chi connectivity index (χ1) is 5.59. The zero-order valence-electron chi connectivity index (χ0n) is 5.92. The maximum atomic E-state index is 12.6. The van der Waals surface area contributed by atoms with Crippen molar-refractivity contribution in [3.8, 4) is 0 Å². The smallest absolute Gasteiger partial charge is 0.309 e. The van der Waals surface area contributed by atoms with Crippen molar-refractivity contribution < 1.29 is 14.3 Å². The quantitative estimate of drug-likeness (QED) is 0.790. The van der Waals surface area contributed by atoms with E-state index in [4.69, 9.17) is 5.11 Å². The normalized spacial score (nSPS) is 9.83. The molecule has 0 saturated carbocycles. The number of rotatable bonds is 2. The van der Waals surface area contributed by atoms with E-state index in [1.165, 1.54) is 12.1 Å². The summed E-state index contributed by atoms with van der Waals surface area (Å²) in [6, 6.07) is 2.52. The van der Waals surface area contributed by atoms with Crippen LogP contribution in [0.1, 0.15) is 5.69 Å². The average Bonchev–Trinajstić information content (AvgIpc) is 1.96. The molecule has 0 aromatic carbocycles. The molecular formula is C7H5BrFNO2. The second-order valence-electron chi connectivity index (χ2n) is 2.15. The number of hydrogen-bond donors (Lipinski definition) is 1. The minimum absolute atomic E-state index is 0.0428. The van der Waals surface area contributed by atoms with E-state index in [9.17, 15) is 9.18 Å². The van der Waals surface area contributed by atoms with Gasteiger partial charge in [0.1, 0.15) is 4.60 Å². The number of aromatic nitrogens is 1. The summed E-state index contributed by atoms with van der Waals surface area (Å²) >= 11 is 2.86. The van der Waals surface area contributed by atoms with Gasteiger partial charge in [-0.25, -0.2) is 9.37 Å². The van der Waals surface area contributed by atoms with Crippen LogP contribution in [0.3, 0.4) is 0 Å². The van der Waals surface area contributed by atoms with Gasteiger partial charge >= 0.3 is 5.97 Å². The van der Waals surface area contributed by atoms with Crippen LogP contribution in [0.15, 0.2) is 16.7 Å². The molecule has 64 valence electrons. The van der Waals surface area contributed by atoms with E-state index in [0.717, 1.165) is 0 Å². The number of hydrogen-bond acceptors (Lipinski definition) is 2. The topological polar surface area (TPSA) is 50.2 Å². The van der Waals surface area contributed by atoms with Crippen molar-refractivity contribution in [3.63, 3.8) is 0 Å². The Balaban J connectivity index is 2.89. The number of carbonyl (C=O) groups is 1. The first-order valence-corrected chi connectivity index (χ1v) is 3.91. The Kier molecular flexibility index (Phi) is 2.75. The molecule has 0 aliphatic heterocycles. The largest absolute Gasteiger partial charge is 0.481 e. The van der Waals surface area contributed by atoms with E-state index in [-0.39, 0.29) is 11.0 Å². The molecular weight excluding hydrogens is 229 g/mol. The van der Waals surface area contributed by atoms with Gasteiger partial charge in [-0.05, 0) is 28.1 Å². The Bertz CT molecular complexity index is 316. The van der Waals surface area contributed by atoms with Gasteiger partial charge < -0.3 is 5.11 Å². The molecule has 0 fully saturated rings. The Labute approximate surface area is 76.4 Å². The molecule has 1 aromatic rings. The van der Waals surface area contributed by atoms with E-state index < -0.39 is 11.8 Å². The molecule has 0 radical (unpaired) electrons. The standard InChI is InChI=1S/C7H5BrFNO2/c8-7-5(9)2-1-4(10-7)3-6(11)12/h1-2H,3H2,(H,11,12). The van der Waals surface area contributed by atoms with Crippen molar-refractivity contribution in [2.75, 3.05) is 0 Å². The van der Waals surface area contributed by atoms with Crippen LogP contribution in [0.25, 0.3) is 0 Å². The molecule has 12 heavy (non-hydrogen) atoms. The van der Waals surface area contributed by atoms with Gasteiger partial charge in [0.15, 0.2) is 5.82 Å². The highest BCUT2D eigenvalue weighted by Gasteiger charge is 2.05. The van der Waals surface area contributed by atoms with Gasteiger partial charge in [-0.3, -0.25) is 4.79 Å². The molecule has 0 aliphatic rings. The zero-order valence-corrected chi connectivity index (χ0v) is 7.51. The third-order valence-corrected chi connectivity index (χ3v) is 1.75. The van der Waals surface area contributed by atoms with Gasteiger partial charge in [-0.1, -0.05) is 0 Å². The van der Waals surface area contributed by atoms with Gasteiger partial charge in [0.25, 0.3) is 0 Å². The molecule has 0 spiro atoms. The SMILES string of the molecule is O=C(O)Cc1ccc(F)c(Br)n1. The lowest BCUT2D eigenvalue weighted by molar-refractivity contribution is -0.136. The first-order valence-electron chi connectivity index (χ1n) is 3.12. The zero-order chi connectivity index (χ0) is 9.14. The van der Waals surface area contributed by atoms with E-state index >= 15 is 0 Å². The van der Waals surface area contributed by atoms with E-state index in [1.54, 1.807) is 0 Å². The van der Waals surface area contributed by atoms with Crippen molar-refractivity contribution in [1.29, 1.82) is 0 Å². The summed E-state index contributed by atoms with van der Waals surface area (Å²) in [5.74, 6) is -1.48. The molecule has 0 bridgehead atoms. The Morgan fingerprint density at radius 1 is 1.67 bits per heavy atom. The molecule has 1 heterocycles. The molecule has 0 atom stereocenters. The van der Waals surface area contributed by atoms with Crippen LogP contribution < -0.4 is 0 Å². The van der Waals surface area contributed by atoms with Gasteiger partial charge in [-0.2, -0.15) is 0 Å². The average molecular weight is 234 g/mol. The molecule has 0 aliphatic carbocycles. The molecule has 1 aromatic heterocycles. The fourth-order valence-corrected chi connectivity index (χ4v) is 1.07. The van der Waals surface area contributed by atoms with E-state index in [0.29, 0.717) is 5.69 Å². The number of carboxylic acid groups (broad SMARTS) is 1. The maximum absolute atomic E-state index is 12.6. The summed E-state index contributed by atoms with van der Waals surface area (Å²) in [5.41, 5.74) is 0.329. The first kappa shape index (κ1) is 9.12. The predicted octanol–water partition coefficient (Wildman–Crippen LogP) is 1.61. The molecule has 1 N–H and O–H groups in total. The second kappa shape index (κ2) is 3.62. The number of pyridine rings is 1. The van der Waals surface area contributed by atoms with Gasteiger partial charge in [0.2, 0.25) is 0 Å². The van der Waals surface area contributed by atoms with Crippen LogP contribution in [0.2, 0.25) is 0 Å². The van der Waals surface area contributed by atoms with E-state index in [2.05, 4.69) is 20.9 Å². The lowest BCUT2D eigenvalue weighted by Crippen LogP contribution is -2.02. The minimum atomic E-state index is -0.985. The Morgan fingerprint density at radius 3 is 2.83 bits per heavy atom. The summed E-state index contributed by atoms with van der Waals surface area (Å²) in [6.07, 6.45) is -0.196. The van der Waals surface area contributed by atoms with E-state index in [1.807, 2.05) is 0 Å². The van der Waals surface area contributed by atoms with Crippen LogP contribution in [0.4, 0.5) is 4.39 Å². The molecule has 0 amide bonds. The second-order valence-corrected chi connectivity index (χ2v) is 2.90. The van der Waals surface area contributed by atoms with Crippen LogP contribution in [0, 0.1) is 5.82 Å². The summed E-state index contributed by atoms with van der Waals surface area (Å²) in [5, 5.41) is 8.38. The lowest BCUT2D eigenvalue weighted by atomic mass is 10.3. The fraction of sp³-hybridized carbons (Fsp3) is 0.143. The highest BCUT2D eigenvalue weighted by Crippen LogP contribution is 2.12. The molecule has 0 unspecified atom stereocenters. The van der Waals surface area contributed by atoms with Crippen molar-refractivity contribution in [2.45, 2.75) is 6.42 Å². The van der Waals surface area contributed by atoms with Crippen molar-refractivity contribution >= 4 is 21.9 Å². The van der Waals surface area contributed by atoms with Crippen LogP contribution in [0.5, 0.6) is 0 Å². The third kappa shape index (κ3) is 2.27. The van der Waals surface area contributed by atoms with Crippen molar-refractivity contribution in [3.05, 3.63) is 28.2 Å². The van der Waals surface area contributed by atoms with Crippen LogP contribution >= 0.6 is 15.9 Å². The van der Waals surface area contributed by atoms with Gasteiger partial charge in [0.05, 0.1) is 12.1 Å². The Morgan fingerprint density at radius 2 is 2.33 bits per heavy atom. The monoisotopic (exact) mass is 233 g/mol. The van der Waals surface area contributed by atoms with Crippen LogP contribution in [-0.2, 0) is 11.2 Å². The fourth-order valence-electron chi connectivity index (χ4n) is 0.708. The van der Waals surface area contributed by atoms with Crippen molar-refractivity contribution in [2.24, 2.45) is 0 Å². The highest BCUT2D eigenvalue weighted by molar-refractivity contribution is 9.10. The predicted molar refractivity (Wildman–Crippen MR) is 43.2 cm³/mol. The van der Waals surface area contributed by atoms with Gasteiger partial charge in [-0.15, -0.1) is 0 Å². The van der Waals surface area contributed by atoms with Crippen molar-refractivity contribution in [1.82, 2.24) is 4.98 Å². The van der Waals surface area contributed by atoms with Crippen LogP contribution in [-0.4, -0.2) is 16.1 Å². The highest BCUT2D eigenvalue weighted by atomic mass is 79.9. The minimum Gasteiger partial charge on any atom is -0.481 e. The number of aliphatic carboxylic acids is 1. The van der Waals surface area contributed by atoms with Gasteiger partial charge in [0, 0.05) is 0 Å². The third-order valence-electron chi connectivity index (χ3n) is 1.19. The summed E-state index contributed by atoms with van der Waals surface area (Å²) in [7, 11) is 0. The molecule has 5 heteroatoms. The summed E-state index contributed by atoms with van der Waals surface area (Å²) in [4.78, 5) is 13.9. The lowest BCUT2D eigenvalue weighted by Gasteiger charge is -1.97. The number of carboxylic acids is 1. The summed E-state index contributed by atoms with van der Waals surface area (Å²) < 4.78 is 12.6. The molecule has 0 saturated heterocycles. The number of nitrogens with zero attached hydrogens (tertiary/aromatic N) is 1. The Hall–Kier alpha value is -0.970. The summed E-state index contributed by atoms with van der Waals surface area (Å²) in [6.45, 7) is 0. The molecule has 3 nitrogen and oxygen atoms in total. The number of halogens is 2.